The second-order valence-corrected chi connectivity index (χ2v) is 6.18. The summed E-state index contributed by atoms with van der Waals surface area (Å²) in [6.07, 6.45) is 6.68. The van der Waals surface area contributed by atoms with E-state index in [1.54, 1.807) is 0 Å². The highest BCUT2D eigenvalue weighted by atomic mass is 16.5. The molecule has 0 aromatic heterocycles. The zero-order valence-electron chi connectivity index (χ0n) is 13.2. The Hall–Kier alpha value is -1.02. The molecule has 1 saturated carbocycles. The van der Waals surface area contributed by atoms with Crippen LogP contribution in [0, 0.1) is 0 Å². The van der Waals surface area contributed by atoms with Crippen molar-refractivity contribution in [3.05, 3.63) is 29.8 Å². The summed E-state index contributed by atoms with van der Waals surface area (Å²) in [5.41, 5.74) is 1.38. The predicted octanol–water partition coefficient (Wildman–Crippen LogP) is 4.50. The smallest absolute Gasteiger partial charge is 0.119 e. The third-order valence-electron chi connectivity index (χ3n) is 4.25. The van der Waals surface area contributed by atoms with Crippen LogP contribution in [0.3, 0.4) is 0 Å². The van der Waals surface area contributed by atoms with Crippen LogP contribution in [0.5, 0.6) is 5.75 Å². The van der Waals surface area contributed by atoms with E-state index in [1.807, 2.05) is 0 Å². The van der Waals surface area contributed by atoms with E-state index in [-0.39, 0.29) is 0 Å². The van der Waals surface area contributed by atoms with Crippen LogP contribution in [0.25, 0.3) is 0 Å². The van der Waals surface area contributed by atoms with Crippen molar-refractivity contribution in [3.8, 4) is 5.75 Å². The lowest BCUT2D eigenvalue weighted by Crippen LogP contribution is -2.42. The Labute approximate surface area is 123 Å². The van der Waals surface area contributed by atoms with Crippen LogP contribution in [0.1, 0.15) is 64.4 Å². The second kappa shape index (κ2) is 7.68. The third kappa shape index (κ3) is 4.24. The van der Waals surface area contributed by atoms with Crippen LogP contribution >= 0.6 is 0 Å². The Bertz CT molecular complexity index is 385. The SMILES string of the molecule is CCNC1CCCCCC1Oc1ccc(C(C)C)cc1. The Kier molecular flexibility index (Phi) is 5.90. The van der Waals surface area contributed by atoms with Gasteiger partial charge < -0.3 is 10.1 Å². The average molecular weight is 275 g/mol. The number of hydrogen-bond donors (Lipinski definition) is 1. The number of hydrogen-bond acceptors (Lipinski definition) is 2. The van der Waals surface area contributed by atoms with Crippen LogP contribution in [0.2, 0.25) is 0 Å². The summed E-state index contributed by atoms with van der Waals surface area (Å²) in [7, 11) is 0. The Morgan fingerprint density at radius 1 is 1.10 bits per heavy atom. The number of ether oxygens (including phenoxy) is 1. The van der Waals surface area contributed by atoms with Crippen molar-refractivity contribution in [1.82, 2.24) is 5.32 Å². The van der Waals surface area contributed by atoms with Gasteiger partial charge in [-0.2, -0.15) is 0 Å². The van der Waals surface area contributed by atoms with Crippen molar-refractivity contribution >= 4 is 0 Å². The molecule has 1 aromatic carbocycles. The summed E-state index contributed by atoms with van der Waals surface area (Å²) in [6.45, 7) is 7.65. The summed E-state index contributed by atoms with van der Waals surface area (Å²) < 4.78 is 6.27. The van der Waals surface area contributed by atoms with Crippen molar-refractivity contribution in [1.29, 1.82) is 0 Å². The standard InChI is InChI=1S/C18H29NO/c1-4-19-17-8-6-5-7-9-18(17)20-16-12-10-15(11-13-16)14(2)3/h10-14,17-19H,4-9H2,1-3H3. The lowest BCUT2D eigenvalue weighted by Gasteiger charge is -2.27. The number of rotatable bonds is 5. The molecule has 0 bridgehead atoms. The van der Waals surface area contributed by atoms with Gasteiger partial charge in [0.25, 0.3) is 0 Å². The largest absolute Gasteiger partial charge is 0.489 e. The minimum absolute atomic E-state index is 0.322. The van der Waals surface area contributed by atoms with Gasteiger partial charge in [-0.3, -0.25) is 0 Å². The van der Waals surface area contributed by atoms with E-state index in [0.29, 0.717) is 18.1 Å². The maximum absolute atomic E-state index is 6.27. The van der Waals surface area contributed by atoms with Gasteiger partial charge in [-0.1, -0.05) is 45.7 Å². The van der Waals surface area contributed by atoms with Gasteiger partial charge in [-0.05, 0) is 49.4 Å². The van der Waals surface area contributed by atoms with Gasteiger partial charge in [0.05, 0.1) is 0 Å². The highest BCUT2D eigenvalue weighted by Gasteiger charge is 2.24. The van der Waals surface area contributed by atoms with Gasteiger partial charge in [0.2, 0.25) is 0 Å². The third-order valence-corrected chi connectivity index (χ3v) is 4.25. The quantitative estimate of drug-likeness (QED) is 0.799. The fourth-order valence-electron chi connectivity index (χ4n) is 3.02. The molecule has 0 aliphatic heterocycles. The zero-order valence-corrected chi connectivity index (χ0v) is 13.2. The first-order chi connectivity index (χ1) is 9.70. The Morgan fingerprint density at radius 3 is 2.45 bits per heavy atom. The first-order valence-electron chi connectivity index (χ1n) is 8.20. The highest BCUT2D eigenvalue weighted by molar-refractivity contribution is 5.29. The lowest BCUT2D eigenvalue weighted by molar-refractivity contribution is 0.145. The van der Waals surface area contributed by atoms with Crippen molar-refractivity contribution in [2.45, 2.75) is 70.9 Å². The van der Waals surface area contributed by atoms with Crippen molar-refractivity contribution in [2.75, 3.05) is 6.54 Å². The monoisotopic (exact) mass is 275 g/mol. The molecule has 0 spiro atoms. The first kappa shape index (κ1) is 15.4. The van der Waals surface area contributed by atoms with Crippen molar-refractivity contribution < 1.29 is 4.74 Å². The van der Waals surface area contributed by atoms with E-state index in [1.165, 1.54) is 37.7 Å². The molecule has 0 heterocycles. The molecule has 0 amide bonds. The van der Waals surface area contributed by atoms with E-state index in [9.17, 15) is 0 Å². The molecule has 2 unspecified atom stereocenters. The zero-order chi connectivity index (χ0) is 14.4. The van der Waals surface area contributed by atoms with Crippen LogP contribution < -0.4 is 10.1 Å². The Morgan fingerprint density at radius 2 is 1.80 bits per heavy atom. The minimum Gasteiger partial charge on any atom is -0.489 e. The van der Waals surface area contributed by atoms with Gasteiger partial charge in [0.1, 0.15) is 11.9 Å². The van der Waals surface area contributed by atoms with E-state index in [4.69, 9.17) is 4.74 Å². The first-order valence-corrected chi connectivity index (χ1v) is 8.20. The van der Waals surface area contributed by atoms with Crippen LogP contribution in [0.4, 0.5) is 0 Å². The molecule has 0 radical (unpaired) electrons. The second-order valence-electron chi connectivity index (χ2n) is 6.18. The topological polar surface area (TPSA) is 21.3 Å². The molecular weight excluding hydrogens is 246 g/mol. The molecule has 1 N–H and O–H groups in total. The fourth-order valence-corrected chi connectivity index (χ4v) is 3.02. The van der Waals surface area contributed by atoms with Crippen molar-refractivity contribution in [3.63, 3.8) is 0 Å². The number of likely N-dealkylation sites (N-methyl/N-ethyl adjacent to an activating group) is 1. The summed E-state index contributed by atoms with van der Waals surface area (Å²) in [4.78, 5) is 0. The maximum atomic E-state index is 6.27. The average Bonchev–Trinajstić information content (AvgIpc) is 2.66. The molecule has 1 fully saturated rings. The van der Waals surface area contributed by atoms with E-state index >= 15 is 0 Å². The molecule has 112 valence electrons. The van der Waals surface area contributed by atoms with Crippen molar-refractivity contribution in [2.24, 2.45) is 0 Å². The van der Waals surface area contributed by atoms with Gasteiger partial charge in [0.15, 0.2) is 0 Å². The predicted molar refractivity (Wildman–Crippen MR) is 85.5 cm³/mol. The number of benzene rings is 1. The van der Waals surface area contributed by atoms with E-state index < -0.39 is 0 Å². The van der Waals surface area contributed by atoms with Crippen LogP contribution in [-0.2, 0) is 0 Å². The molecule has 1 aliphatic carbocycles. The van der Waals surface area contributed by atoms with E-state index in [0.717, 1.165) is 12.3 Å². The summed E-state index contributed by atoms with van der Waals surface area (Å²) in [5.74, 6) is 1.60. The van der Waals surface area contributed by atoms with Gasteiger partial charge in [-0.15, -0.1) is 0 Å². The summed E-state index contributed by atoms with van der Waals surface area (Å²) >= 11 is 0. The minimum atomic E-state index is 0.322. The summed E-state index contributed by atoms with van der Waals surface area (Å²) in [6, 6.07) is 9.15. The Balaban J connectivity index is 2.01. The van der Waals surface area contributed by atoms with Gasteiger partial charge in [0, 0.05) is 6.04 Å². The molecule has 2 atom stereocenters. The maximum Gasteiger partial charge on any atom is 0.119 e. The normalized spacial score (nSPS) is 23.6. The molecule has 2 rings (SSSR count). The molecule has 2 nitrogen and oxygen atoms in total. The molecule has 1 aliphatic rings. The van der Waals surface area contributed by atoms with Gasteiger partial charge in [-0.25, -0.2) is 0 Å². The molecular formula is C18H29NO. The van der Waals surface area contributed by atoms with Crippen LogP contribution in [-0.4, -0.2) is 18.7 Å². The van der Waals surface area contributed by atoms with Crippen LogP contribution in [0.15, 0.2) is 24.3 Å². The lowest BCUT2D eigenvalue weighted by atomic mass is 10.0. The number of nitrogens with one attached hydrogen (secondary N) is 1. The molecule has 0 saturated heterocycles. The van der Waals surface area contributed by atoms with Gasteiger partial charge >= 0.3 is 0 Å². The summed E-state index contributed by atoms with van der Waals surface area (Å²) in [5, 5.41) is 3.60. The molecule has 20 heavy (non-hydrogen) atoms. The van der Waals surface area contributed by atoms with E-state index in [2.05, 4.69) is 50.4 Å². The fraction of sp³-hybridized carbons (Fsp3) is 0.667. The highest BCUT2D eigenvalue weighted by Crippen LogP contribution is 2.25. The molecule has 1 aromatic rings. The molecule has 2 heteroatoms.